The van der Waals surface area contributed by atoms with Crippen LogP contribution in [0.3, 0.4) is 0 Å². The van der Waals surface area contributed by atoms with E-state index in [-0.39, 0.29) is 18.9 Å². The average molecular weight is 452 g/mol. The van der Waals surface area contributed by atoms with Gasteiger partial charge in [-0.05, 0) is 51.2 Å². The second-order valence-corrected chi connectivity index (χ2v) is 9.46. The lowest BCUT2D eigenvalue weighted by Gasteiger charge is -2.28. The second-order valence-electron chi connectivity index (χ2n) is 9.46. The van der Waals surface area contributed by atoms with Crippen molar-refractivity contribution in [3.05, 3.63) is 71.8 Å². The first-order valence-corrected chi connectivity index (χ1v) is 11.5. The van der Waals surface area contributed by atoms with E-state index in [1.54, 1.807) is 25.7 Å². The van der Waals surface area contributed by atoms with Gasteiger partial charge in [-0.3, -0.25) is 9.59 Å². The maximum atomic E-state index is 13.6. The van der Waals surface area contributed by atoms with Crippen molar-refractivity contribution < 1.29 is 23.9 Å². The maximum Gasteiger partial charge on any atom is 0.329 e. The predicted molar refractivity (Wildman–Crippen MR) is 125 cm³/mol. The largest absolute Gasteiger partial charge is 0.460 e. The monoisotopic (exact) mass is 451 g/mol. The number of hydrogen-bond acceptors (Lipinski definition) is 5. The smallest absolute Gasteiger partial charge is 0.329 e. The molecule has 1 amide bonds. The van der Waals surface area contributed by atoms with Crippen molar-refractivity contribution in [1.82, 2.24) is 4.90 Å². The summed E-state index contributed by atoms with van der Waals surface area (Å²) >= 11 is 0. The van der Waals surface area contributed by atoms with Gasteiger partial charge in [-0.1, -0.05) is 60.7 Å². The minimum absolute atomic E-state index is 0.0344. The van der Waals surface area contributed by atoms with E-state index in [2.05, 4.69) is 0 Å². The molecule has 2 aromatic rings. The van der Waals surface area contributed by atoms with Crippen molar-refractivity contribution in [1.29, 1.82) is 0 Å². The third-order valence-electron chi connectivity index (χ3n) is 5.54. The first-order chi connectivity index (χ1) is 15.7. The van der Waals surface area contributed by atoms with Crippen LogP contribution in [0.2, 0.25) is 0 Å². The highest BCUT2D eigenvalue weighted by Crippen LogP contribution is 2.25. The summed E-state index contributed by atoms with van der Waals surface area (Å²) in [6.07, 6.45) is 1.65. The molecule has 1 fully saturated rings. The van der Waals surface area contributed by atoms with Gasteiger partial charge in [-0.25, -0.2) is 4.79 Å². The molecule has 0 bridgehead atoms. The van der Waals surface area contributed by atoms with Crippen LogP contribution >= 0.6 is 0 Å². The Balaban J connectivity index is 1.70. The molecule has 33 heavy (non-hydrogen) atoms. The molecular weight excluding hydrogens is 418 g/mol. The molecule has 2 atom stereocenters. The van der Waals surface area contributed by atoms with Crippen molar-refractivity contribution in [3.63, 3.8) is 0 Å². The van der Waals surface area contributed by atoms with E-state index in [1.165, 1.54) is 0 Å². The van der Waals surface area contributed by atoms with Crippen LogP contribution in [-0.4, -0.2) is 40.9 Å². The molecule has 0 aromatic heterocycles. The number of amides is 1. The quantitative estimate of drug-likeness (QED) is 0.559. The molecule has 1 heterocycles. The van der Waals surface area contributed by atoms with Crippen molar-refractivity contribution in [3.8, 4) is 0 Å². The molecule has 6 nitrogen and oxygen atoms in total. The highest BCUT2D eigenvalue weighted by atomic mass is 16.6. The van der Waals surface area contributed by atoms with Crippen molar-refractivity contribution in [2.45, 2.75) is 64.7 Å². The van der Waals surface area contributed by atoms with Crippen LogP contribution < -0.4 is 0 Å². The van der Waals surface area contributed by atoms with Crippen molar-refractivity contribution in [2.24, 2.45) is 5.92 Å². The summed E-state index contributed by atoms with van der Waals surface area (Å²) in [6.45, 7) is 6.06. The van der Waals surface area contributed by atoms with E-state index in [0.717, 1.165) is 17.5 Å². The molecule has 0 aliphatic carbocycles. The lowest BCUT2D eigenvalue weighted by molar-refractivity contribution is -0.160. The van der Waals surface area contributed by atoms with E-state index in [1.807, 2.05) is 60.7 Å². The van der Waals surface area contributed by atoms with Crippen LogP contribution in [-0.2, 0) is 36.9 Å². The van der Waals surface area contributed by atoms with Crippen LogP contribution in [0.15, 0.2) is 60.7 Å². The van der Waals surface area contributed by atoms with Gasteiger partial charge in [0.05, 0.1) is 12.3 Å². The molecule has 6 heteroatoms. The van der Waals surface area contributed by atoms with Gasteiger partial charge < -0.3 is 14.4 Å². The molecule has 3 rings (SSSR count). The Kier molecular flexibility index (Phi) is 8.26. The number of hydrogen-bond donors (Lipinski definition) is 0. The minimum atomic E-state index is -0.630. The number of benzene rings is 2. The molecule has 0 radical (unpaired) electrons. The normalized spacial score (nSPS) is 16.8. The molecule has 0 N–H and O–H groups in total. The van der Waals surface area contributed by atoms with Crippen LogP contribution in [0.5, 0.6) is 0 Å². The molecule has 1 aliphatic rings. The Hall–Kier alpha value is -3.15. The van der Waals surface area contributed by atoms with E-state index in [0.29, 0.717) is 19.4 Å². The van der Waals surface area contributed by atoms with Gasteiger partial charge in [0.2, 0.25) is 5.91 Å². The van der Waals surface area contributed by atoms with Gasteiger partial charge in [0.15, 0.2) is 0 Å². The first-order valence-electron chi connectivity index (χ1n) is 11.5. The highest BCUT2D eigenvalue weighted by molar-refractivity contribution is 5.89. The number of ether oxygens (including phenoxy) is 2. The second kappa shape index (κ2) is 11.1. The fourth-order valence-electron chi connectivity index (χ4n) is 4.06. The number of nitrogens with zero attached hydrogens (tertiary/aromatic N) is 1. The molecule has 0 spiro atoms. The zero-order chi connectivity index (χ0) is 23.8. The lowest BCUT2D eigenvalue weighted by Crippen LogP contribution is -2.45. The summed E-state index contributed by atoms with van der Waals surface area (Å²) in [7, 11) is 0. The van der Waals surface area contributed by atoms with Gasteiger partial charge in [0.25, 0.3) is 0 Å². The molecule has 2 aromatic carbocycles. The van der Waals surface area contributed by atoms with E-state index >= 15 is 0 Å². The fourth-order valence-corrected chi connectivity index (χ4v) is 4.06. The number of carbonyl (C=O) groups excluding carboxylic acids is 3. The number of rotatable bonds is 8. The average Bonchev–Trinajstić information content (AvgIpc) is 3.27. The van der Waals surface area contributed by atoms with Crippen LogP contribution in [0.4, 0.5) is 0 Å². The third kappa shape index (κ3) is 7.45. The van der Waals surface area contributed by atoms with Crippen LogP contribution in [0.25, 0.3) is 0 Å². The molecule has 0 saturated carbocycles. The lowest BCUT2D eigenvalue weighted by atomic mass is 9.94. The summed E-state index contributed by atoms with van der Waals surface area (Å²) < 4.78 is 11.0. The Bertz CT molecular complexity index is 936. The summed E-state index contributed by atoms with van der Waals surface area (Å²) in [5, 5.41) is 0. The third-order valence-corrected chi connectivity index (χ3v) is 5.54. The van der Waals surface area contributed by atoms with Crippen molar-refractivity contribution in [2.75, 3.05) is 6.54 Å². The Morgan fingerprint density at radius 3 is 2.18 bits per heavy atom. The maximum absolute atomic E-state index is 13.6. The Morgan fingerprint density at radius 2 is 1.58 bits per heavy atom. The zero-order valence-electron chi connectivity index (χ0n) is 19.7. The molecule has 176 valence electrons. The SMILES string of the molecule is CC(C)(C)OC(=O)C[C@@H](Cc1ccccc1)C(=O)N1CCC[C@H]1C(=O)OCc1ccccc1. The van der Waals surface area contributed by atoms with Gasteiger partial charge >= 0.3 is 11.9 Å². The van der Waals surface area contributed by atoms with E-state index in [9.17, 15) is 14.4 Å². The van der Waals surface area contributed by atoms with Gasteiger partial charge in [0, 0.05) is 6.54 Å². The predicted octanol–water partition coefficient (Wildman–Crippen LogP) is 4.31. The number of esters is 2. The minimum Gasteiger partial charge on any atom is -0.460 e. The Labute approximate surface area is 195 Å². The summed E-state index contributed by atoms with van der Waals surface area (Å²) in [5.74, 6) is -1.63. The van der Waals surface area contributed by atoms with Gasteiger partial charge in [0.1, 0.15) is 18.2 Å². The fraction of sp³-hybridized carbons (Fsp3) is 0.444. The molecule has 1 saturated heterocycles. The van der Waals surface area contributed by atoms with Gasteiger partial charge in [-0.2, -0.15) is 0 Å². The summed E-state index contributed by atoms with van der Waals surface area (Å²) in [6, 6.07) is 18.4. The molecule has 1 aliphatic heterocycles. The zero-order valence-corrected chi connectivity index (χ0v) is 19.7. The number of likely N-dealkylation sites (tertiary alicyclic amines) is 1. The Morgan fingerprint density at radius 1 is 0.970 bits per heavy atom. The van der Waals surface area contributed by atoms with E-state index < -0.39 is 29.5 Å². The number of carbonyl (C=O) groups is 3. The van der Waals surface area contributed by atoms with Gasteiger partial charge in [-0.15, -0.1) is 0 Å². The molecular formula is C27H33NO5. The van der Waals surface area contributed by atoms with Crippen molar-refractivity contribution >= 4 is 17.8 Å². The topological polar surface area (TPSA) is 72.9 Å². The van der Waals surface area contributed by atoms with Crippen LogP contribution in [0, 0.1) is 5.92 Å². The summed E-state index contributed by atoms with van der Waals surface area (Å²) in [4.78, 5) is 40.5. The first kappa shape index (κ1) is 24.5. The van der Waals surface area contributed by atoms with E-state index in [4.69, 9.17) is 9.47 Å². The highest BCUT2D eigenvalue weighted by Gasteiger charge is 2.39. The van der Waals surface area contributed by atoms with Crippen LogP contribution in [0.1, 0.15) is 51.2 Å². The standard InChI is InChI=1S/C27H33NO5/c1-27(2,3)33-24(29)18-22(17-20-11-6-4-7-12-20)25(30)28-16-10-15-23(28)26(31)32-19-21-13-8-5-9-14-21/h4-9,11-14,22-23H,10,15-19H2,1-3H3/t22-,23+/m1/s1. The molecule has 0 unspecified atom stereocenters. The summed E-state index contributed by atoms with van der Waals surface area (Å²) in [5.41, 5.74) is 1.23.